The average Bonchev–Trinajstić information content (AvgIpc) is 3.04. The van der Waals surface area contributed by atoms with Gasteiger partial charge in [-0.1, -0.05) is 25.0 Å². The number of methoxy groups -OCH3 is 1. The summed E-state index contributed by atoms with van der Waals surface area (Å²) in [5.74, 6) is 0.398. The zero-order valence-corrected chi connectivity index (χ0v) is 16.9. The molecule has 3 atom stereocenters. The van der Waals surface area contributed by atoms with Crippen molar-refractivity contribution < 1.29 is 13.9 Å². The van der Waals surface area contributed by atoms with Crippen molar-refractivity contribution in [1.29, 1.82) is 0 Å². The second-order valence-electron chi connectivity index (χ2n) is 8.76. The van der Waals surface area contributed by atoms with E-state index < -0.39 is 0 Å². The number of hydrogen-bond acceptors (Lipinski definition) is 3. The summed E-state index contributed by atoms with van der Waals surface area (Å²) >= 11 is 0. The predicted molar refractivity (Wildman–Crippen MR) is 108 cm³/mol. The Morgan fingerprint density at radius 1 is 1.14 bits per heavy atom. The molecule has 1 aromatic rings. The Labute approximate surface area is 167 Å². The maximum Gasteiger partial charge on any atom is 0.226 e. The molecule has 1 aromatic carbocycles. The minimum absolute atomic E-state index is 0.115. The molecular weight excluding hydrogens is 355 g/mol. The van der Waals surface area contributed by atoms with Crippen LogP contribution in [0.25, 0.3) is 0 Å². The Morgan fingerprint density at radius 3 is 2.71 bits per heavy atom. The van der Waals surface area contributed by atoms with E-state index in [-0.39, 0.29) is 29.7 Å². The average molecular weight is 389 g/mol. The first-order valence-corrected chi connectivity index (χ1v) is 11.0. The third-order valence-corrected chi connectivity index (χ3v) is 7.12. The van der Waals surface area contributed by atoms with Gasteiger partial charge in [-0.2, -0.15) is 0 Å². The van der Waals surface area contributed by atoms with Gasteiger partial charge >= 0.3 is 0 Å². The van der Waals surface area contributed by atoms with Crippen LogP contribution in [0.15, 0.2) is 24.3 Å². The van der Waals surface area contributed by atoms with Gasteiger partial charge in [0.1, 0.15) is 5.82 Å². The van der Waals surface area contributed by atoms with Gasteiger partial charge < -0.3 is 15.0 Å². The van der Waals surface area contributed by atoms with Crippen LogP contribution in [0.5, 0.6) is 0 Å². The molecule has 0 unspecified atom stereocenters. The summed E-state index contributed by atoms with van der Waals surface area (Å²) in [7, 11) is 1.77. The van der Waals surface area contributed by atoms with Gasteiger partial charge in [-0.15, -0.1) is 0 Å². The Kier molecular flexibility index (Phi) is 6.32. The van der Waals surface area contributed by atoms with Gasteiger partial charge in [0.05, 0.1) is 6.10 Å². The molecule has 1 N–H and O–H groups in total. The van der Waals surface area contributed by atoms with Crippen LogP contribution in [0, 0.1) is 11.7 Å². The zero-order chi connectivity index (χ0) is 19.5. The molecule has 4 nitrogen and oxygen atoms in total. The smallest absolute Gasteiger partial charge is 0.226 e. The fourth-order valence-electron chi connectivity index (χ4n) is 5.54. The van der Waals surface area contributed by atoms with Crippen molar-refractivity contribution in [3.63, 3.8) is 0 Å². The molecule has 0 radical (unpaired) electrons. The first-order valence-electron chi connectivity index (χ1n) is 11.0. The first-order chi connectivity index (χ1) is 13.7. The van der Waals surface area contributed by atoms with Crippen LogP contribution in [0.3, 0.4) is 0 Å². The van der Waals surface area contributed by atoms with Gasteiger partial charge in [-0.25, -0.2) is 4.39 Å². The molecule has 1 amide bonds. The second kappa shape index (κ2) is 8.91. The van der Waals surface area contributed by atoms with E-state index in [9.17, 15) is 9.18 Å². The zero-order valence-electron chi connectivity index (χ0n) is 16.9. The minimum atomic E-state index is -0.192. The maximum absolute atomic E-state index is 13.9. The number of carbonyl (C=O) groups is 1. The summed E-state index contributed by atoms with van der Waals surface area (Å²) in [5, 5.41) is 3.72. The van der Waals surface area contributed by atoms with Crippen LogP contribution < -0.4 is 5.32 Å². The summed E-state index contributed by atoms with van der Waals surface area (Å²) in [6.45, 7) is 1.68. The van der Waals surface area contributed by atoms with E-state index in [4.69, 9.17) is 4.74 Å². The second-order valence-corrected chi connectivity index (χ2v) is 8.76. The van der Waals surface area contributed by atoms with Crippen molar-refractivity contribution in [1.82, 2.24) is 10.2 Å². The molecule has 0 bridgehead atoms. The lowest BCUT2D eigenvalue weighted by Crippen LogP contribution is -2.48. The van der Waals surface area contributed by atoms with E-state index in [1.165, 1.54) is 25.3 Å². The summed E-state index contributed by atoms with van der Waals surface area (Å²) in [4.78, 5) is 15.6. The van der Waals surface area contributed by atoms with E-state index in [1.807, 2.05) is 6.07 Å². The molecule has 154 valence electrons. The number of rotatable bonds is 3. The number of nitrogens with one attached hydrogen (secondary N) is 1. The van der Waals surface area contributed by atoms with Gasteiger partial charge in [0.2, 0.25) is 5.91 Å². The largest absolute Gasteiger partial charge is 0.381 e. The molecular formula is C23H33FN2O2. The number of hydrogen-bond donors (Lipinski definition) is 1. The molecule has 2 aliphatic heterocycles. The van der Waals surface area contributed by atoms with Gasteiger partial charge in [0, 0.05) is 37.6 Å². The van der Waals surface area contributed by atoms with Gasteiger partial charge in [0.25, 0.3) is 0 Å². The Hall–Kier alpha value is -1.46. The van der Waals surface area contributed by atoms with Crippen LogP contribution in [-0.4, -0.2) is 49.2 Å². The summed E-state index contributed by atoms with van der Waals surface area (Å²) in [6.07, 6.45) is 8.68. The Balaban J connectivity index is 1.55. The topological polar surface area (TPSA) is 41.6 Å². The fourth-order valence-corrected chi connectivity index (χ4v) is 5.54. The highest BCUT2D eigenvalue weighted by atomic mass is 19.1. The highest BCUT2D eigenvalue weighted by molar-refractivity contribution is 5.80. The van der Waals surface area contributed by atoms with Crippen molar-refractivity contribution in [2.45, 2.75) is 75.5 Å². The molecule has 0 spiro atoms. The van der Waals surface area contributed by atoms with E-state index >= 15 is 0 Å². The number of likely N-dealkylation sites (tertiary alicyclic amines) is 1. The molecule has 28 heavy (non-hydrogen) atoms. The predicted octanol–water partition coefficient (Wildman–Crippen LogP) is 3.86. The molecule has 5 heteroatoms. The molecule has 2 saturated heterocycles. The third-order valence-electron chi connectivity index (χ3n) is 7.12. The van der Waals surface area contributed by atoms with Crippen molar-refractivity contribution >= 4 is 5.91 Å². The van der Waals surface area contributed by atoms with Crippen LogP contribution in [0.2, 0.25) is 0 Å². The number of amides is 1. The molecule has 3 fully saturated rings. The summed E-state index contributed by atoms with van der Waals surface area (Å²) in [6, 6.07) is 7.41. The molecule has 4 rings (SSSR count). The number of halogens is 1. The number of benzene rings is 1. The Morgan fingerprint density at radius 2 is 1.96 bits per heavy atom. The number of ether oxygens (including phenoxy) is 1. The SMILES string of the molecule is COC1CCC(C(=O)N2C[C@@H](c3cccc(F)c3)[C@@H]3NCCCCC[C@H]32)CC1. The maximum atomic E-state index is 13.9. The van der Waals surface area contributed by atoms with Gasteiger partial charge in [-0.05, 0) is 62.8 Å². The summed E-state index contributed by atoms with van der Waals surface area (Å²) in [5.41, 5.74) is 1.02. The molecule has 2 heterocycles. The number of carbonyl (C=O) groups excluding carboxylic acids is 1. The fraction of sp³-hybridized carbons (Fsp3) is 0.696. The Bertz CT molecular complexity index is 674. The lowest BCUT2D eigenvalue weighted by atomic mass is 9.86. The molecule has 0 aromatic heterocycles. The van der Waals surface area contributed by atoms with Crippen LogP contribution >= 0.6 is 0 Å². The van der Waals surface area contributed by atoms with Crippen LogP contribution in [0.4, 0.5) is 4.39 Å². The standard InChI is InChI=1S/C23H33FN2O2/c1-28-19-11-9-16(10-12-19)23(27)26-15-20(17-6-5-7-18(24)14-17)22-21(26)8-3-2-4-13-25-22/h5-7,14,16,19-22,25H,2-4,8-13,15H2,1H3/t16?,19?,20-,21+,22-/m0/s1. The van der Waals surface area contributed by atoms with E-state index in [0.29, 0.717) is 18.6 Å². The molecule has 1 saturated carbocycles. The highest BCUT2D eigenvalue weighted by Crippen LogP contribution is 2.38. The van der Waals surface area contributed by atoms with Gasteiger partial charge in [0.15, 0.2) is 0 Å². The van der Waals surface area contributed by atoms with E-state index in [2.05, 4.69) is 10.2 Å². The monoisotopic (exact) mass is 388 g/mol. The van der Waals surface area contributed by atoms with Gasteiger partial charge in [-0.3, -0.25) is 4.79 Å². The van der Waals surface area contributed by atoms with Crippen LogP contribution in [-0.2, 0) is 9.53 Å². The summed E-state index contributed by atoms with van der Waals surface area (Å²) < 4.78 is 19.4. The minimum Gasteiger partial charge on any atom is -0.381 e. The molecule has 3 aliphatic rings. The normalized spacial score (nSPS) is 33.8. The number of fused-ring (bicyclic) bond motifs is 1. The highest BCUT2D eigenvalue weighted by Gasteiger charge is 2.45. The lowest BCUT2D eigenvalue weighted by molar-refractivity contribution is -0.138. The first kappa shape index (κ1) is 19.8. The van der Waals surface area contributed by atoms with Crippen molar-refractivity contribution in [2.75, 3.05) is 20.2 Å². The van der Waals surface area contributed by atoms with Crippen molar-refractivity contribution in [2.24, 2.45) is 5.92 Å². The lowest BCUT2D eigenvalue weighted by Gasteiger charge is -2.35. The number of nitrogens with zero attached hydrogens (tertiary/aromatic N) is 1. The van der Waals surface area contributed by atoms with Crippen LogP contribution in [0.1, 0.15) is 62.8 Å². The van der Waals surface area contributed by atoms with Crippen molar-refractivity contribution in [3.05, 3.63) is 35.6 Å². The third kappa shape index (κ3) is 4.11. The van der Waals surface area contributed by atoms with E-state index in [0.717, 1.165) is 44.2 Å². The van der Waals surface area contributed by atoms with Crippen molar-refractivity contribution in [3.8, 4) is 0 Å². The quantitative estimate of drug-likeness (QED) is 0.855. The molecule has 1 aliphatic carbocycles. The van der Waals surface area contributed by atoms with E-state index in [1.54, 1.807) is 19.2 Å².